The molecular formula is C23H18N2O3. The minimum Gasteiger partial charge on any atom is -0.490 e. The van der Waals surface area contributed by atoms with Crippen molar-refractivity contribution in [2.45, 2.75) is 6.42 Å². The third-order valence-corrected chi connectivity index (χ3v) is 4.13. The van der Waals surface area contributed by atoms with Crippen LogP contribution in [0.25, 0.3) is 0 Å². The topological polar surface area (TPSA) is 60.5 Å². The van der Waals surface area contributed by atoms with Crippen LogP contribution in [0.5, 0.6) is 11.5 Å². The van der Waals surface area contributed by atoms with E-state index in [2.05, 4.69) is 22.1 Å². The van der Waals surface area contributed by atoms with Crippen LogP contribution in [0.3, 0.4) is 0 Å². The van der Waals surface area contributed by atoms with Gasteiger partial charge in [-0.15, -0.1) is 0 Å². The number of hydrogen-bond acceptors (Lipinski definition) is 4. The van der Waals surface area contributed by atoms with Crippen LogP contribution in [-0.2, 0) is 0 Å². The minimum absolute atomic E-state index is 0.217. The van der Waals surface area contributed by atoms with E-state index in [0.717, 1.165) is 12.0 Å². The number of nitrogens with zero attached hydrogens (tertiary/aromatic N) is 1. The number of amides is 1. The molecule has 2 heterocycles. The van der Waals surface area contributed by atoms with Crippen molar-refractivity contribution >= 4 is 11.6 Å². The summed E-state index contributed by atoms with van der Waals surface area (Å²) in [7, 11) is 0. The van der Waals surface area contributed by atoms with Crippen molar-refractivity contribution in [2.24, 2.45) is 0 Å². The van der Waals surface area contributed by atoms with Crippen molar-refractivity contribution in [1.82, 2.24) is 4.98 Å². The van der Waals surface area contributed by atoms with Crippen LogP contribution in [0.1, 0.15) is 28.0 Å². The largest absolute Gasteiger partial charge is 0.490 e. The third-order valence-electron chi connectivity index (χ3n) is 4.13. The zero-order chi connectivity index (χ0) is 19.2. The van der Waals surface area contributed by atoms with E-state index in [1.54, 1.807) is 24.4 Å². The lowest BCUT2D eigenvalue weighted by Gasteiger charge is -2.10. The summed E-state index contributed by atoms with van der Waals surface area (Å²) in [5.41, 5.74) is 2.67. The van der Waals surface area contributed by atoms with Crippen molar-refractivity contribution in [3.8, 4) is 23.3 Å². The molecule has 3 aromatic rings. The van der Waals surface area contributed by atoms with Crippen molar-refractivity contribution in [1.29, 1.82) is 0 Å². The summed E-state index contributed by atoms with van der Waals surface area (Å²) in [4.78, 5) is 16.8. The quantitative estimate of drug-likeness (QED) is 0.695. The molecule has 1 amide bonds. The van der Waals surface area contributed by atoms with E-state index in [1.165, 1.54) is 0 Å². The molecule has 138 valence electrons. The lowest BCUT2D eigenvalue weighted by molar-refractivity contribution is 0.102. The number of nitrogens with one attached hydrogen (secondary N) is 1. The average Bonchev–Trinajstić information content (AvgIpc) is 2.98. The molecule has 2 aromatic carbocycles. The summed E-state index contributed by atoms with van der Waals surface area (Å²) in [6, 6.07) is 18.2. The van der Waals surface area contributed by atoms with Crippen LogP contribution >= 0.6 is 0 Å². The van der Waals surface area contributed by atoms with Crippen LogP contribution < -0.4 is 14.8 Å². The first-order valence-corrected chi connectivity index (χ1v) is 9.02. The predicted octanol–water partition coefficient (Wildman–Crippen LogP) is 3.90. The Balaban J connectivity index is 1.49. The van der Waals surface area contributed by atoms with Gasteiger partial charge in [0.1, 0.15) is 5.69 Å². The lowest BCUT2D eigenvalue weighted by Crippen LogP contribution is -2.12. The molecule has 28 heavy (non-hydrogen) atoms. The van der Waals surface area contributed by atoms with Gasteiger partial charge in [-0.05, 0) is 54.5 Å². The number of benzene rings is 2. The number of carbonyl (C=O) groups is 1. The van der Waals surface area contributed by atoms with Gasteiger partial charge in [0.05, 0.1) is 13.2 Å². The van der Waals surface area contributed by atoms with Crippen LogP contribution in [0.2, 0.25) is 0 Å². The van der Waals surface area contributed by atoms with E-state index in [-0.39, 0.29) is 5.91 Å². The second-order valence-electron chi connectivity index (χ2n) is 6.21. The predicted molar refractivity (Wildman–Crippen MR) is 107 cm³/mol. The summed E-state index contributed by atoms with van der Waals surface area (Å²) in [6.07, 6.45) is 2.53. The Labute approximate surface area is 163 Å². The molecule has 5 nitrogen and oxygen atoms in total. The molecule has 0 saturated heterocycles. The molecule has 0 atom stereocenters. The second-order valence-corrected chi connectivity index (χ2v) is 6.21. The van der Waals surface area contributed by atoms with Gasteiger partial charge >= 0.3 is 0 Å². The van der Waals surface area contributed by atoms with Crippen molar-refractivity contribution < 1.29 is 14.3 Å². The monoisotopic (exact) mass is 370 g/mol. The van der Waals surface area contributed by atoms with Gasteiger partial charge in [-0.1, -0.05) is 18.1 Å². The fourth-order valence-electron chi connectivity index (χ4n) is 2.76. The summed E-state index contributed by atoms with van der Waals surface area (Å²) in [6.45, 7) is 1.19. The number of anilines is 1. The molecule has 0 aliphatic carbocycles. The smallest absolute Gasteiger partial charge is 0.255 e. The number of aromatic nitrogens is 1. The molecule has 0 saturated carbocycles. The molecule has 5 heteroatoms. The van der Waals surface area contributed by atoms with E-state index in [1.807, 2.05) is 42.5 Å². The fraction of sp³-hybridized carbons (Fsp3) is 0.130. The van der Waals surface area contributed by atoms with Crippen LogP contribution in [-0.4, -0.2) is 24.1 Å². The summed E-state index contributed by atoms with van der Waals surface area (Å²) in [5.74, 6) is 7.12. The fourth-order valence-corrected chi connectivity index (χ4v) is 2.76. The van der Waals surface area contributed by atoms with Gasteiger partial charge in [0.15, 0.2) is 11.5 Å². The SMILES string of the molecule is O=C(Nc1cccc(C#Cc2ccccn2)c1)c1ccc2c(c1)OCCCO2. The Hall–Kier alpha value is -3.78. The normalized spacial score (nSPS) is 12.3. The third kappa shape index (κ3) is 4.30. The molecule has 1 aromatic heterocycles. The minimum atomic E-state index is -0.217. The summed E-state index contributed by atoms with van der Waals surface area (Å²) < 4.78 is 11.3. The zero-order valence-electron chi connectivity index (χ0n) is 15.1. The molecule has 0 unspecified atom stereocenters. The Morgan fingerprint density at radius 3 is 2.68 bits per heavy atom. The molecule has 0 fully saturated rings. The number of ether oxygens (including phenoxy) is 2. The van der Waals surface area contributed by atoms with Crippen molar-refractivity contribution in [3.05, 3.63) is 83.7 Å². The Morgan fingerprint density at radius 1 is 0.929 bits per heavy atom. The van der Waals surface area contributed by atoms with Gasteiger partial charge in [0.2, 0.25) is 0 Å². The first-order valence-electron chi connectivity index (χ1n) is 9.02. The highest BCUT2D eigenvalue weighted by Crippen LogP contribution is 2.30. The van der Waals surface area contributed by atoms with Gasteiger partial charge < -0.3 is 14.8 Å². The molecule has 0 bridgehead atoms. The maximum absolute atomic E-state index is 12.6. The number of rotatable bonds is 2. The van der Waals surface area contributed by atoms with Crippen molar-refractivity contribution in [2.75, 3.05) is 18.5 Å². The van der Waals surface area contributed by atoms with E-state index in [4.69, 9.17) is 9.47 Å². The number of hydrogen-bond donors (Lipinski definition) is 1. The molecule has 1 aliphatic rings. The number of carbonyl (C=O) groups excluding carboxylic acids is 1. The first kappa shape index (κ1) is 17.6. The Morgan fingerprint density at radius 2 is 1.82 bits per heavy atom. The second kappa shape index (κ2) is 8.28. The highest BCUT2D eigenvalue weighted by Gasteiger charge is 2.14. The van der Waals surface area contributed by atoms with E-state index in [0.29, 0.717) is 41.7 Å². The Bertz CT molecular complexity index is 1050. The van der Waals surface area contributed by atoms with Gasteiger partial charge in [-0.2, -0.15) is 0 Å². The number of fused-ring (bicyclic) bond motifs is 1. The van der Waals surface area contributed by atoms with Gasteiger partial charge in [-0.25, -0.2) is 4.98 Å². The maximum Gasteiger partial charge on any atom is 0.255 e. The van der Waals surface area contributed by atoms with Gasteiger partial charge in [0, 0.05) is 29.4 Å². The van der Waals surface area contributed by atoms with Gasteiger partial charge in [-0.3, -0.25) is 4.79 Å². The van der Waals surface area contributed by atoms with Crippen LogP contribution in [0.4, 0.5) is 5.69 Å². The summed E-state index contributed by atoms with van der Waals surface area (Å²) in [5, 5.41) is 2.90. The lowest BCUT2D eigenvalue weighted by atomic mass is 10.1. The van der Waals surface area contributed by atoms with Crippen LogP contribution in [0.15, 0.2) is 66.9 Å². The van der Waals surface area contributed by atoms with Gasteiger partial charge in [0.25, 0.3) is 5.91 Å². The zero-order valence-corrected chi connectivity index (χ0v) is 15.1. The number of pyridine rings is 1. The maximum atomic E-state index is 12.6. The van der Waals surface area contributed by atoms with Crippen molar-refractivity contribution in [3.63, 3.8) is 0 Å². The molecular weight excluding hydrogens is 352 g/mol. The van der Waals surface area contributed by atoms with E-state index < -0.39 is 0 Å². The highest BCUT2D eigenvalue weighted by atomic mass is 16.5. The first-order chi connectivity index (χ1) is 13.8. The van der Waals surface area contributed by atoms with E-state index in [9.17, 15) is 4.79 Å². The highest BCUT2D eigenvalue weighted by molar-refractivity contribution is 6.04. The molecule has 4 rings (SSSR count). The molecule has 0 spiro atoms. The van der Waals surface area contributed by atoms with E-state index >= 15 is 0 Å². The average molecular weight is 370 g/mol. The standard InChI is InChI=1S/C23H18N2O3/c26-23(18-9-11-21-22(16-18)28-14-4-13-27-21)25-20-7-3-5-17(15-20)8-10-19-6-1-2-12-24-19/h1-3,5-7,9,11-12,15-16H,4,13-14H2,(H,25,26). The van der Waals surface area contributed by atoms with Crippen LogP contribution in [0, 0.1) is 11.8 Å². The molecule has 0 radical (unpaired) electrons. The summed E-state index contributed by atoms with van der Waals surface area (Å²) >= 11 is 0. The molecule has 1 N–H and O–H groups in total. The Kier molecular flexibility index (Phi) is 5.21. The molecule has 1 aliphatic heterocycles.